The molecule has 0 aromatic heterocycles. The van der Waals surface area contributed by atoms with Crippen molar-refractivity contribution in [3.63, 3.8) is 0 Å². The molecule has 0 atom stereocenters. The van der Waals surface area contributed by atoms with Crippen LogP contribution < -0.4 is 4.18 Å². The molecule has 0 fully saturated rings. The standard InChI is InChI=1S/C17H17F3O3S/c1-11(2)13-9-8-12(3)10-15(13)23-24(21,22)16-7-5-4-6-14(16)17(18,19)20/h4-11H,1-3H3. The third-order valence-corrected chi connectivity index (χ3v) is 4.75. The number of hydrogen-bond acceptors (Lipinski definition) is 3. The quantitative estimate of drug-likeness (QED) is 0.730. The molecule has 130 valence electrons. The molecule has 0 radical (unpaired) electrons. The summed E-state index contributed by atoms with van der Waals surface area (Å²) in [7, 11) is -4.62. The second-order valence-electron chi connectivity index (χ2n) is 5.73. The van der Waals surface area contributed by atoms with E-state index in [0.29, 0.717) is 5.56 Å². The number of rotatable bonds is 4. The number of alkyl halides is 3. The van der Waals surface area contributed by atoms with Crippen LogP contribution in [0.15, 0.2) is 47.4 Å². The fourth-order valence-corrected chi connectivity index (χ4v) is 3.44. The maximum atomic E-state index is 13.1. The van der Waals surface area contributed by atoms with Crippen molar-refractivity contribution in [2.24, 2.45) is 0 Å². The summed E-state index contributed by atoms with van der Waals surface area (Å²) in [6.45, 7) is 5.43. The highest BCUT2D eigenvalue weighted by atomic mass is 32.2. The molecule has 0 amide bonds. The second kappa shape index (κ2) is 6.47. The predicted molar refractivity (Wildman–Crippen MR) is 84.5 cm³/mol. The molecule has 0 aliphatic heterocycles. The minimum Gasteiger partial charge on any atom is -0.379 e. The van der Waals surface area contributed by atoms with Gasteiger partial charge in [-0.1, -0.05) is 38.1 Å². The Balaban J connectivity index is 2.54. The van der Waals surface area contributed by atoms with Gasteiger partial charge in [-0.25, -0.2) is 0 Å². The van der Waals surface area contributed by atoms with Gasteiger partial charge in [0.15, 0.2) is 0 Å². The molecule has 0 saturated carbocycles. The smallest absolute Gasteiger partial charge is 0.379 e. The van der Waals surface area contributed by atoms with E-state index in [1.807, 2.05) is 13.8 Å². The molecule has 0 saturated heterocycles. The first-order chi connectivity index (χ1) is 11.0. The predicted octanol–water partition coefficient (Wildman–Crippen LogP) is 4.90. The lowest BCUT2D eigenvalue weighted by atomic mass is 10.0. The molecule has 2 aromatic carbocycles. The van der Waals surface area contributed by atoms with Gasteiger partial charge < -0.3 is 4.18 Å². The van der Waals surface area contributed by atoms with E-state index in [9.17, 15) is 21.6 Å². The Morgan fingerprint density at radius 2 is 1.67 bits per heavy atom. The Morgan fingerprint density at radius 3 is 2.25 bits per heavy atom. The molecule has 0 aliphatic carbocycles. The van der Waals surface area contributed by atoms with Crippen molar-refractivity contribution in [3.8, 4) is 5.75 Å². The molecule has 0 bridgehead atoms. The highest BCUT2D eigenvalue weighted by Crippen LogP contribution is 2.36. The number of benzene rings is 2. The van der Waals surface area contributed by atoms with Gasteiger partial charge in [0.05, 0.1) is 5.56 Å². The molecular weight excluding hydrogens is 341 g/mol. The SMILES string of the molecule is Cc1ccc(C(C)C)c(OS(=O)(=O)c2ccccc2C(F)(F)F)c1. The lowest BCUT2D eigenvalue weighted by Crippen LogP contribution is -2.17. The van der Waals surface area contributed by atoms with E-state index < -0.39 is 26.8 Å². The van der Waals surface area contributed by atoms with Gasteiger partial charge in [0.25, 0.3) is 0 Å². The third-order valence-electron chi connectivity index (χ3n) is 3.45. The zero-order valence-electron chi connectivity index (χ0n) is 13.4. The summed E-state index contributed by atoms with van der Waals surface area (Å²) in [4.78, 5) is -0.895. The zero-order valence-corrected chi connectivity index (χ0v) is 14.2. The van der Waals surface area contributed by atoms with Gasteiger partial charge in [0, 0.05) is 0 Å². The fourth-order valence-electron chi connectivity index (χ4n) is 2.27. The Kier molecular flexibility index (Phi) is 4.94. The molecule has 3 nitrogen and oxygen atoms in total. The monoisotopic (exact) mass is 358 g/mol. The van der Waals surface area contributed by atoms with Crippen LogP contribution in [0.25, 0.3) is 0 Å². The molecule has 24 heavy (non-hydrogen) atoms. The summed E-state index contributed by atoms with van der Waals surface area (Å²) in [5, 5.41) is 0. The lowest BCUT2D eigenvalue weighted by molar-refractivity contribution is -0.139. The van der Waals surface area contributed by atoms with Crippen LogP contribution in [0, 0.1) is 6.92 Å². The van der Waals surface area contributed by atoms with Crippen LogP contribution in [0.1, 0.15) is 36.5 Å². The van der Waals surface area contributed by atoms with Crippen LogP contribution in [0.2, 0.25) is 0 Å². The average molecular weight is 358 g/mol. The van der Waals surface area contributed by atoms with Gasteiger partial charge in [0.2, 0.25) is 0 Å². The summed E-state index contributed by atoms with van der Waals surface area (Å²) in [5.74, 6) is -0.00404. The highest BCUT2D eigenvalue weighted by Gasteiger charge is 2.37. The molecule has 0 spiro atoms. The lowest BCUT2D eigenvalue weighted by Gasteiger charge is -2.17. The minimum atomic E-state index is -4.79. The van der Waals surface area contributed by atoms with Gasteiger partial charge in [-0.15, -0.1) is 0 Å². The molecule has 2 aromatic rings. The molecule has 0 N–H and O–H groups in total. The van der Waals surface area contributed by atoms with Gasteiger partial charge in [0.1, 0.15) is 10.6 Å². The summed E-state index contributed by atoms with van der Waals surface area (Å²) < 4.78 is 69.1. The summed E-state index contributed by atoms with van der Waals surface area (Å²) >= 11 is 0. The number of aryl methyl sites for hydroxylation is 1. The van der Waals surface area contributed by atoms with Crippen LogP contribution in [0.3, 0.4) is 0 Å². The van der Waals surface area contributed by atoms with E-state index in [0.717, 1.165) is 23.8 Å². The molecule has 7 heteroatoms. The van der Waals surface area contributed by atoms with E-state index in [-0.39, 0.29) is 11.7 Å². The minimum absolute atomic E-state index is 0.0435. The Morgan fingerprint density at radius 1 is 1.04 bits per heavy atom. The van der Waals surface area contributed by atoms with Crippen molar-refractivity contribution in [1.82, 2.24) is 0 Å². The normalized spacial score (nSPS) is 12.5. The first-order valence-corrected chi connectivity index (χ1v) is 8.64. The maximum Gasteiger partial charge on any atom is 0.417 e. The fraction of sp³-hybridized carbons (Fsp3) is 0.294. The maximum absolute atomic E-state index is 13.1. The number of hydrogen-bond donors (Lipinski definition) is 0. The summed E-state index contributed by atoms with van der Waals surface area (Å²) in [6, 6.07) is 8.97. The van der Waals surface area contributed by atoms with Crippen LogP contribution in [-0.2, 0) is 16.3 Å². The van der Waals surface area contributed by atoms with Gasteiger partial charge in [-0.05, 0) is 42.2 Å². The molecule has 2 rings (SSSR count). The van der Waals surface area contributed by atoms with Crippen molar-refractivity contribution >= 4 is 10.1 Å². The average Bonchev–Trinajstić information content (AvgIpc) is 2.45. The van der Waals surface area contributed by atoms with E-state index in [1.165, 1.54) is 12.1 Å². The highest BCUT2D eigenvalue weighted by molar-refractivity contribution is 7.87. The third kappa shape index (κ3) is 3.90. The first kappa shape index (κ1) is 18.3. The zero-order chi connectivity index (χ0) is 18.1. The van der Waals surface area contributed by atoms with Crippen LogP contribution in [0.5, 0.6) is 5.75 Å². The van der Waals surface area contributed by atoms with Gasteiger partial charge in [-0.2, -0.15) is 21.6 Å². The summed E-state index contributed by atoms with van der Waals surface area (Å²) in [5.41, 5.74) is 0.103. The Labute approximate surface area is 139 Å². The Hall–Kier alpha value is -2.02. The van der Waals surface area contributed by atoms with Gasteiger partial charge in [-0.3, -0.25) is 0 Å². The van der Waals surface area contributed by atoms with Crippen molar-refractivity contribution in [3.05, 3.63) is 59.2 Å². The van der Waals surface area contributed by atoms with Crippen molar-refractivity contribution in [1.29, 1.82) is 0 Å². The van der Waals surface area contributed by atoms with E-state index in [1.54, 1.807) is 19.1 Å². The van der Waals surface area contributed by atoms with Crippen LogP contribution in [0.4, 0.5) is 13.2 Å². The van der Waals surface area contributed by atoms with Gasteiger partial charge >= 0.3 is 16.3 Å². The molecule has 0 unspecified atom stereocenters. The van der Waals surface area contributed by atoms with E-state index >= 15 is 0 Å². The van der Waals surface area contributed by atoms with Crippen molar-refractivity contribution in [2.45, 2.75) is 37.8 Å². The second-order valence-corrected chi connectivity index (χ2v) is 7.24. The summed E-state index contributed by atoms with van der Waals surface area (Å²) in [6.07, 6.45) is -4.79. The first-order valence-electron chi connectivity index (χ1n) is 7.23. The molecular formula is C17H17F3O3S. The van der Waals surface area contributed by atoms with Crippen molar-refractivity contribution < 1.29 is 25.8 Å². The van der Waals surface area contributed by atoms with E-state index in [2.05, 4.69) is 0 Å². The Bertz CT molecular complexity index is 840. The number of halogens is 3. The van der Waals surface area contributed by atoms with Crippen LogP contribution >= 0.6 is 0 Å². The van der Waals surface area contributed by atoms with E-state index in [4.69, 9.17) is 4.18 Å². The van der Waals surface area contributed by atoms with Crippen molar-refractivity contribution in [2.75, 3.05) is 0 Å². The molecule has 0 heterocycles. The molecule has 0 aliphatic rings. The largest absolute Gasteiger partial charge is 0.417 e. The van der Waals surface area contributed by atoms with Crippen LogP contribution in [-0.4, -0.2) is 8.42 Å². The topological polar surface area (TPSA) is 43.4 Å².